The highest BCUT2D eigenvalue weighted by molar-refractivity contribution is 5.75. The lowest BCUT2D eigenvalue weighted by Crippen LogP contribution is -2.57. The number of fused-ring (bicyclic) bond motifs is 2. The largest absolute Gasteiger partial charge is 0.459 e. The summed E-state index contributed by atoms with van der Waals surface area (Å²) in [5, 5.41) is 14.5. The van der Waals surface area contributed by atoms with E-state index < -0.39 is 42.9 Å². The van der Waals surface area contributed by atoms with Crippen LogP contribution in [0.2, 0.25) is 0 Å². The summed E-state index contributed by atoms with van der Waals surface area (Å²) in [5.41, 5.74) is 9.75. The van der Waals surface area contributed by atoms with Crippen molar-refractivity contribution in [2.45, 2.75) is 70.4 Å². The van der Waals surface area contributed by atoms with Gasteiger partial charge in [-0.3, -0.25) is 0 Å². The van der Waals surface area contributed by atoms with Crippen molar-refractivity contribution in [3.63, 3.8) is 0 Å². The first-order chi connectivity index (χ1) is 15.4. The van der Waals surface area contributed by atoms with Crippen molar-refractivity contribution in [3.8, 4) is 0 Å². The van der Waals surface area contributed by atoms with Gasteiger partial charge in [-0.1, -0.05) is 56.2 Å². The summed E-state index contributed by atoms with van der Waals surface area (Å²) in [6.45, 7) is 6.07. The summed E-state index contributed by atoms with van der Waals surface area (Å²) in [6, 6.07) is 8.77. The standard InChI is InChI=1S/C22H29N3O7/c1-11-12(2)21(31-18-13(3)16(24-25-23)22-29-10-15(18)30-22)32-19(17(11)26)20(27)28-9-14-7-5-4-6-8-14/h4-8,11-13,15-19,21-22,26H,9-10H2,1-3H3/t11-,12?,13-,15?,16?,17+,18+,19-,21-,22-/m1/s1. The van der Waals surface area contributed by atoms with Crippen LogP contribution in [0.5, 0.6) is 0 Å². The lowest BCUT2D eigenvalue weighted by molar-refractivity contribution is -0.298. The molecule has 10 heteroatoms. The maximum atomic E-state index is 12.7. The fourth-order valence-corrected chi connectivity index (χ4v) is 4.50. The second-order valence-electron chi connectivity index (χ2n) is 8.76. The SMILES string of the molecule is CC1[C@H](O[C@@H]2C3CO[C@H](O3)C(N=[N+]=[N-])[C@H]2C)O[C@@H](C(=O)OCc2ccccc2)[C@@H](O)[C@@H]1C. The van der Waals surface area contributed by atoms with Gasteiger partial charge >= 0.3 is 5.97 Å². The molecule has 1 aromatic rings. The molecule has 0 amide bonds. The Kier molecular flexibility index (Phi) is 6.99. The van der Waals surface area contributed by atoms with E-state index in [9.17, 15) is 9.90 Å². The molecule has 2 bridgehead atoms. The molecule has 3 fully saturated rings. The van der Waals surface area contributed by atoms with E-state index >= 15 is 0 Å². The molecule has 174 valence electrons. The summed E-state index contributed by atoms with van der Waals surface area (Å²) in [6.07, 6.45) is -4.35. The van der Waals surface area contributed by atoms with Crippen LogP contribution in [0.25, 0.3) is 10.4 Å². The fraction of sp³-hybridized carbons (Fsp3) is 0.682. The summed E-state index contributed by atoms with van der Waals surface area (Å²) < 4.78 is 29.1. The minimum atomic E-state index is -1.17. The monoisotopic (exact) mass is 447 g/mol. The van der Waals surface area contributed by atoms with Crippen LogP contribution in [0.1, 0.15) is 26.3 Å². The average molecular weight is 447 g/mol. The molecule has 1 aromatic carbocycles. The minimum Gasteiger partial charge on any atom is -0.459 e. The Balaban J connectivity index is 1.45. The molecule has 0 aromatic heterocycles. The van der Waals surface area contributed by atoms with Gasteiger partial charge in [0.1, 0.15) is 12.7 Å². The molecule has 1 N–H and O–H groups in total. The first-order valence-corrected chi connectivity index (χ1v) is 10.9. The van der Waals surface area contributed by atoms with E-state index in [4.69, 9.17) is 29.2 Å². The van der Waals surface area contributed by atoms with E-state index in [0.717, 1.165) is 5.56 Å². The van der Waals surface area contributed by atoms with Gasteiger partial charge in [0.05, 0.1) is 24.9 Å². The predicted molar refractivity (Wildman–Crippen MR) is 111 cm³/mol. The molecular weight excluding hydrogens is 418 g/mol. The number of hydrogen-bond donors (Lipinski definition) is 1. The quantitative estimate of drug-likeness (QED) is 0.307. The van der Waals surface area contributed by atoms with Gasteiger partial charge in [0.2, 0.25) is 0 Å². The van der Waals surface area contributed by atoms with Crippen LogP contribution in [0.4, 0.5) is 0 Å². The van der Waals surface area contributed by atoms with Gasteiger partial charge in [0.25, 0.3) is 0 Å². The normalized spacial score (nSPS) is 41.0. The number of azide groups is 1. The van der Waals surface area contributed by atoms with Crippen molar-refractivity contribution in [2.24, 2.45) is 22.9 Å². The van der Waals surface area contributed by atoms with Gasteiger partial charge in [-0.25, -0.2) is 4.79 Å². The molecular formula is C22H29N3O7. The first-order valence-electron chi connectivity index (χ1n) is 10.9. The third-order valence-electron chi connectivity index (χ3n) is 6.76. The molecule has 0 aliphatic carbocycles. The van der Waals surface area contributed by atoms with Crippen LogP contribution >= 0.6 is 0 Å². The summed E-state index contributed by atoms with van der Waals surface area (Å²) in [7, 11) is 0. The van der Waals surface area contributed by atoms with Crippen LogP contribution < -0.4 is 0 Å². The van der Waals surface area contributed by atoms with E-state index in [-0.39, 0.29) is 30.5 Å². The number of esters is 1. The molecule has 3 heterocycles. The number of rotatable bonds is 6. The predicted octanol–water partition coefficient (Wildman–Crippen LogP) is 2.54. The zero-order chi connectivity index (χ0) is 22.8. The van der Waals surface area contributed by atoms with E-state index in [1.165, 1.54) is 0 Å². The maximum absolute atomic E-state index is 12.7. The average Bonchev–Trinajstić information content (AvgIpc) is 3.24. The third kappa shape index (κ3) is 4.47. The molecule has 10 nitrogen and oxygen atoms in total. The molecule has 0 saturated carbocycles. The van der Waals surface area contributed by atoms with Crippen LogP contribution in [-0.2, 0) is 35.1 Å². The summed E-state index contributed by atoms with van der Waals surface area (Å²) in [5.74, 6) is -1.30. The molecule has 32 heavy (non-hydrogen) atoms. The number of carbonyl (C=O) groups excluding carboxylic acids is 1. The van der Waals surface area contributed by atoms with E-state index in [2.05, 4.69) is 10.0 Å². The van der Waals surface area contributed by atoms with Crippen molar-refractivity contribution in [1.29, 1.82) is 0 Å². The molecule has 4 rings (SSSR count). The van der Waals surface area contributed by atoms with Gasteiger partial charge in [-0.15, -0.1) is 0 Å². The Labute approximate surface area is 186 Å². The van der Waals surface area contributed by atoms with Crippen LogP contribution in [0.15, 0.2) is 35.4 Å². The van der Waals surface area contributed by atoms with Crippen LogP contribution in [0, 0.1) is 17.8 Å². The third-order valence-corrected chi connectivity index (χ3v) is 6.76. The van der Waals surface area contributed by atoms with E-state index in [1.807, 2.05) is 51.1 Å². The molecule has 3 unspecified atom stereocenters. The fourth-order valence-electron chi connectivity index (χ4n) is 4.50. The van der Waals surface area contributed by atoms with Crippen LogP contribution in [-0.4, -0.2) is 60.7 Å². The number of aliphatic hydroxyl groups is 1. The van der Waals surface area contributed by atoms with Gasteiger partial charge in [-0.2, -0.15) is 0 Å². The minimum absolute atomic E-state index is 0.0872. The smallest absolute Gasteiger partial charge is 0.338 e. The van der Waals surface area contributed by atoms with Crippen molar-refractivity contribution >= 4 is 5.97 Å². The van der Waals surface area contributed by atoms with Crippen LogP contribution in [0.3, 0.4) is 0 Å². The maximum Gasteiger partial charge on any atom is 0.338 e. The Morgan fingerprint density at radius 2 is 1.94 bits per heavy atom. The molecule has 3 saturated heterocycles. The number of nitrogens with zero attached hydrogens (tertiary/aromatic N) is 3. The van der Waals surface area contributed by atoms with Crippen molar-refractivity contribution in [2.75, 3.05) is 6.61 Å². The topological polar surface area (TPSA) is 132 Å². The number of benzene rings is 1. The Bertz CT molecular complexity index is 849. The lowest BCUT2D eigenvalue weighted by Gasteiger charge is -2.45. The first kappa shape index (κ1) is 23.0. The molecule has 0 spiro atoms. The second-order valence-corrected chi connectivity index (χ2v) is 8.76. The van der Waals surface area contributed by atoms with Gasteiger partial charge in [-0.05, 0) is 22.9 Å². The summed E-state index contributed by atoms with van der Waals surface area (Å²) in [4.78, 5) is 15.6. The van der Waals surface area contributed by atoms with Crippen molar-refractivity contribution < 1.29 is 33.6 Å². The Morgan fingerprint density at radius 3 is 2.66 bits per heavy atom. The van der Waals surface area contributed by atoms with Gasteiger partial charge in [0, 0.05) is 10.8 Å². The Hall–Kier alpha value is -2.20. The van der Waals surface area contributed by atoms with Crippen molar-refractivity contribution in [1.82, 2.24) is 0 Å². The highest BCUT2D eigenvalue weighted by atomic mass is 16.8. The molecule has 3 aliphatic heterocycles. The molecule has 3 aliphatic rings. The number of aliphatic hydroxyl groups excluding tert-OH is 1. The molecule has 10 atom stereocenters. The number of ether oxygens (including phenoxy) is 5. The van der Waals surface area contributed by atoms with Gasteiger partial charge in [0.15, 0.2) is 18.7 Å². The van der Waals surface area contributed by atoms with Gasteiger partial charge < -0.3 is 28.8 Å². The molecule has 0 radical (unpaired) electrons. The Morgan fingerprint density at radius 1 is 1.19 bits per heavy atom. The van der Waals surface area contributed by atoms with E-state index in [0.29, 0.717) is 6.61 Å². The zero-order valence-corrected chi connectivity index (χ0v) is 18.3. The highest BCUT2D eigenvalue weighted by Crippen LogP contribution is 2.39. The number of hydrogen-bond acceptors (Lipinski definition) is 8. The van der Waals surface area contributed by atoms with Crippen molar-refractivity contribution in [3.05, 3.63) is 46.3 Å². The second kappa shape index (κ2) is 9.74. The van der Waals surface area contributed by atoms with E-state index in [1.54, 1.807) is 0 Å². The highest BCUT2D eigenvalue weighted by Gasteiger charge is 2.52. The number of carbonyl (C=O) groups is 1. The summed E-state index contributed by atoms with van der Waals surface area (Å²) >= 11 is 0. The lowest BCUT2D eigenvalue weighted by atomic mass is 9.84. The zero-order valence-electron chi connectivity index (χ0n) is 18.3.